The Kier molecular flexibility index (Phi) is 7.64. The molecule has 5 nitrogen and oxygen atoms in total. The number of benzene rings is 2. The summed E-state index contributed by atoms with van der Waals surface area (Å²) in [6.07, 6.45) is 4.06. The quantitative estimate of drug-likeness (QED) is 0.788. The number of rotatable bonds is 7. The van der Waals surface area contributed by atoms with Crippen molar-refractivity contribution in [3.63, 3.8) is 0 Å². The maximum Gasteiger partial charge on any atom is 0.322 e. The van der Waals surface area contributed by atoms with E-state index in [-0.39, 0.29) is 6.03 Å². The molecule has 1 N–H and O–H groups in total. The average molecular weight is 380 g/mol. The van der Waals surface area contributed by atoms with Gasteiger partial charge < -0.3 is 15.0 Å². The third kappa shape index (κ3) is 6.22. The molecule has 2 aromatic carbocycles. The number of hydrogen-bond donors (Lipinski definition) is 1. The van der Waals surface area contributed by atoms with E-state index >= 15 is 0 Å². The van der Waals surface area contributed by atoms with Gasteiger partial charge in [0.05, 0.1) is 13.2 Å². The number of nitrogens with one attached hydrogen (secondary N) is 1. The van der Waals surface area contributed by atoms with E-state index in [4.69, 9.17) is 4.74 Å². The van der Waals surface area contributed by atoms with Crippen LogP contribution in [0.4, 0.5) is 10.5 Å². The second kappa shape index (κ2) is 10.6. The van der Waals surface area contributed by atoms with Gasteiger partial charge in [-0.3, -0.25) is 4.90 Å². The molecule has 0 aliphatic carbocycles. The molecule has 0 bridgehead atoms. The van der Waals surface area contributed by atoms with Gasteiger partial charge in [0.2, 0.25) is 0 Å². The first-order valence-corrected chi connectivity index (χ1v) is 9.91. The predicted molar refractivity (Wildman–Crippen MR) is 114 cm³/mol. The molecule has 0 unspecified atom stereocenters. The Labute approximate surface area is 167 Å². The van der Waals surface area contributed by atoms with E-state index < -0.39 is 0 Å². The van der Waals surface area contributed by atoms with Crippen LogP contribution in [0.5, 0.6) is 0 Å². The van der Waals surface area contributed by atoms with Crippen LogP contribution in [-0.4, -0.2) is 55.2 Å². The average Bonchev–Trinajstić information content (AvgIpc) is 2.74. The van der Waals surface area contributed by atoms with Crippen LogP contribution in [-0.2, 0) is 11.3 Å². The standard InChI is InChI=1S/C23H29N3O2/c1-2-26(14-6-9-20-7-4-3-5-8-20)23(27)24-22-12-10-21(11-13-22)19-25-15-17-28-18-16-25/h3-13H,2,14-19H2,1H3,(H,24,27). The minimum atomic E-state index is -0.0823. The predicted octanol–water partition coefficient (Wildman–Crippen LogP) is 4.09. The number of likely N-dealkylation sites (N-methyl/N-ethyl adjacent to an activating group) is 1. The van der Waals surface area contributed by atoms with Crippen LogP contribution in [0.1, 0.15) is 18.1 Å². The SMILES string of the molecule is CCN(CC=Cc1ccccc1)C(=O)Nc1ccc(CN2CCOCC2)cc1. The molecule has 28 heavy (non-hydrogen) atoms. The fourth-order valence-corrected chi connectivity index (χ4v) is 3.15. The third-order valence-electron chi connectivity index (χ3n) is 4.82. The number of carbonyl (C=O) groups is 1. The van der Waals surface area contributed by atoms with Crippen molar-refractivity contribution in [1.29, 1.82) is 0 Å². The highest BCUT2D eigenvalue weighted by Crippen LogP contribution is 2.13. The smallest absolute Gasteiger partial charge is 0.322 e. The normalized spacial score (nSPS) is 14.9. The first kappa shape index (κ1) is 20.1. The van der Waals surface area contributed by atoms with Crippen molar-refractivity contribution in [2.75, 3.05) is 44.7 Å². The van der Waals surface area contributed by atoms with Crippen LogP contribution >= 0.6 is 0 Å². The molecule has 0 saturated carbocycles. The lowest BCUT2D eigenvalue weighted by atomic mass is 10.2. The summed E-state index contributed by atoms with van der Waals surface area (Å²) < 4.78 is 5.39. The molecule has 0 radical (unpaired) electrons. The number of carbonyl (C=O) groups excluding carboxylic acids is 1. The highest BCUT2D eigenvalue weighted by Gasteiger charge is 2.12. The Hall–Kier alpha value is -2.63. The number of ether oxygens (including phenoxy) is 1. The van der Waals surface area contributed by atoms with Crippen LogP contribution in [0.15, 0.2) is 60.7 Å². The van der Waals surface area contributed by atoms with Gasteiger partial charge in [0.1, 0.15) is 0 Å². The van der Waals surface area contributed by atoms with Crippen LogP contribution in [0.3, 0.4) is 0 Å². The molecule has 5 heteroatoms. The van der Waals surface area contributed by atoms with Gasteiger partial charge in [-0.05, 0) is 30.2 Å². The minimum absolute atomic E-state index is 0.0823. The molecule has 0 spiro atoms. The van der Waals surface area contributed by atoms with Crippen molar-refractivity contribution >= 4 is 17.8 Å². The van der Waals surface area contributed by atoms with Gasteiger partial charge in [0.25, 0.3) is 0 Å². The zero-order valence-electron chi connectivity index (χ0n) is 16.5. The zero-order chi connectivity index (χ0) is 19.6. The number of amides is 2. The monoisotopic (exact) mass is 379 g/mol. The summed E-state index contributed by atoms with van der Waals surface area (Å²) in [5.41, 5.74) is 3.20. The molecular weight excluding hydrogens is 350 g/mol. The summed E-state index contributed by atoms with van der Waals surface area (Å²) in [5, 5.41) is 2.99. The van der Waals surface area contributed by atoms with Crippen molar-refractivity contribution < 1.29 is 9.53 Å². The maximum atomic E-state index is 12.5. The van der Waals surface area contributed by atoms with E-state index in [1.807, 2.05) is 61.5 Å². The van der Waals surface area contributed by atoms with E-state index in [2.05, 4.69) is 22.3 Å². The molecular formula is C23H29N3O2. The Morgan fingerprint density at radius 2 is 1.82 bits per heavy atom. The third-order valence-corrected chi connectivity index (χ3v) is 4.82. The van der Waals surface area contributed by atoms with E-state index in [9.17, 15) is 4.79 Å². The molecule has 1 aliphatic heterocycles. The highest BCUT2D eigenvalue weighted by molar-refractivity contribution is 5.89. The molecule has 148 valence electrons. The van der Waals surface area contributed by atoms with Gasteiger partial charge in [-0.2, -0.15) is 0 Å². The van der Waals surface area contributed by atoms with Crippen molar-refractivity contribution in [1.82, 2.24) is 9.80 Å². The molecule has 2 amide bonds. The maximum absolute atomic E-state index is 12.5. The van der Waals surface area contributed by atoms with Crippen molar-refractivity contribution in [2.24, 2.45) is 0 Å². The Morgan fingerprint density at radius 1 is 1.11 bits per heavy atom. The number of anilines is 1. The molecule has 0 aromatic heterocycles. The Bertz CT molecular complexity index is 753. The first-order chi connectivity index (χ1) is 13.7. The number of morpholine rings is 1. The summed E-state index contributed by atoms with van der Waals surface area (Å²) >= 11 is 0. The second-order valence-corrected chi connectivity index (χ2v) is 6.87. The van der Waals surface area contributed by atoms with E-state index in [0.29, 0.717) is 13.1 Å². The summed E-state index contributed by atoms with van der Waals surface area (Å²) in [6, 6.07) is 18.1. The summed E-state index contributed by atoms with van der Waals surface area (Å²) in [5.74, 6) is 0. The first-order valence-electron chi connectivity index (χ1n) is 9.91. The van der Waals surface area contributed by atoms with E-state index in [0.717, 1.165) is 44.1 Å². The fraction of sp³-hybridized carbons (Fsp3) is 0.348. The van der Waals surface area contributed by atoms with E-state index in [1.54, 1.807) is 4.90 Å². The van der Waals surface area contributed by atoms with Crippen LogP contribution in [0, 0.1) is 0 Å². The molecule has 3 rings (SSSR count). The fourth-order valence-electron chi connectivity index (χ4n) is 3.15. The lowest BCUT2D eigenvalue weighted by molar-refractivity contribution is 0.0342. The highest BCUT2D eigenvalue weighted by atomic mass is 16.5. The van der Waals surface area contributed by atoms with Crippen molar-refractivity contribution in [2.45, 2.75) is 13.5 Å². The molecule has 1 aliphatic rings. The van der Waals surface area contributed by atoms with Crippen LogP contribution < -0.4 is 5.32 Å². The van der Waals surface area contributed by atoms with Gasteiger partial charge in [-0.15, -0.1) is 0 Å². The summed E-state index contributed by atoms with van der Waals surface area (Å²) in [6.45, 7) is 7.69. The minimum Gasteiger partial charge on any atom is -0.379 e. The van der Waals surface area contributed by atoms with Gasteiger partial charge in [-0.25, -0.2) is 4.79 Å². The largest absolute Gasteiger partial charge is 0.379 e. The van der Waals surface area contributed by atoms with Gasteiger partial charge >= 0.3 is 6.03 Å². The zero-order valence-corrected chi connectivity index (χ0v) is 16.5. The molecule has 0 atom stereocenters. The molecule has 1 fully saturated rings. The number of hydrogen-bond acceptors (Lipinski definition) is 3. The Morgan fingerprint density at radius 3 is 2.50 bits per heavy atom. The summed E-state index contributed by atoms with van der Waals surface area (Å²) in [4.78, 5) is 16.7. The number of nitrogens with zero attached hydrogens (tertiary/aromatic N) is 2. The van der Waals surface area contributed by atoms with Crippen LogP contribution in [0.25, 0.3) is 6.08 Å². The lowest BCUT2D eigenvalue weighted by Crippen LogP contribution is -2.35. The molecule has 1 saturated heterocycles. The van der Waals surface area contributed by atoms with Gasteiger partial charge in [0, 0.05) is 38.4 Å². The molecule has 1 heterocycles. The van der Waals surface area contributed by atoms with E-state index in [1.165, 1.54) is 5.56 Å². The van der Waals surface area contributed by atoms with Crippen molar-refractivity contribution in [3.8, 4) is 0 Å². The summed E-state index contributed by atoms with van der Waals surface area (Å²) in [7, 11) is 0. The second-order valence-electron chi connectivity index (χ2n) is 6.87. The molecule has 2 aromatic rings. The van der Waals surface area contributed by atoms with Gasteiger partial charge in [0.15, 0.2) is 0 Å². The van der Waals surface area contributed by atoms with Crippen LogP contribution in [0.2, 0.25) is 0 Å². The number of urea groups is 1. The van der Waals surface area contributed by atoms with Gasteiger partial charge in [-0.1, -0.05) is 54.6 Å². The topological polar surface area (TPSA) is 44.8 Å². The van der Waals surface area contributed by atoms with Crippen molar-refractivity contribution in [3.05, 3.63) is 71.8 Å². The Balaban J connectivity index is 1.49. The lowest BCUT2D eigenvalue weighted by Gasteiger charge is -2.26.